The summed E-state index contributed by atoms with van der Waals surface area (Å²) in [6.07, 6.45) is 7.68. The summed E-state index contributed by atoms with van der Waals surface area (Å²) in [6, 6.07) is 10.1. The van der Waals surface area contributed by atoms with E-state index >= 15 is 0 Å². The summed E-state index contributed by atoms with van der Waals surface area (Å²) in [5, 5.41) is 6.01. The Kier molecular flexibility index (Phi) is 4.86. The van der Waals surface area contributed by atoms with E-state index in [0.717, 1.165) is 18.5 Å². The first-order valence-corrected chi connectivity index (χ1v) is 8.01. The van der Waals surface area contributed by atoms with Crippen LogP contribution in [0.4, 0.5) is 15.8 Å². The number of nitrogens with one attached hydrogen (secondary N) is 2. The van der Waals surface area contributed by atoms with Crippen molar-refractivity contribution in [3.8, 4) is 0 Å². The lowest BCUT2D eigenvalue weighted by atomic mass is 9.95. The van der Waals surface area contributed by atoms with Crippen molar-refractivity contribution < 1.29 is 9.18 Å². The third kappa shape index (κ3) is 4.06. The van der Waals surface area contributed by atoms with Gasteiger partial charge in [-0.3, -0.25) is 9.78 Å². The first kappa shape index (κ1) is 15.5. The van der Waals surface area contributed by atoms with Crippen LogP contribution in [0.15, 0.2) is 42.6 Å². The molecule has 2 aromatic rings. The summed E-state index contributed by atoms with van der Waals surface area (Å²) in [6.45, 7) is 0. The molecule has 0 saturated heterocycles. The van der Waals surface area contributed by atoms with Gasteiger partial charge in [0, 0.05) is 17.9 Å². The first-order valence-electron chi connectivity index (χ1n) is 8.01. The van der Waals surface area contributed by atoms with Crippen LogP contribution in [0.5, 0.6) is 0 Å². The smallest absolute Gasteiger partial charge is 0.274 e. The molecule has 1 aliphatic carbocycles. The van der Waals surface area contributed by atoms with Crippen LogP contribution in [0.25, 0.3) is 0 Å². The monoisotopic (exact) mass is 313 g/mol. The molecule has 120 valence electrons. The van der Waals surface area contributed by atoms with Gasteiger partial charge in [0.15, 0.2) is 0 Å². The topological polar surface area (TPSA) is 54.0 Å². The molecule has 1 aromatic heterocycles. The number of rotatable bonds is 4. The van der Waals surface area contributed by atoms with Crippen LogP contribution in [0.1, 0.15) is 42.6 Å². The van der Waals surface area contributed by atoms with Gasteiger partial charge in [0.1, 0.15) is 11.5 Å². The van der Waals surface area contributed by atoms with Gasteiger partial charge in [-0.15, -0.1) is 0 Å². The maximum atomic E-state index is 13.6. The van der Waals surface area contributed by atoms with Crippen LogP contribution >= 0.6 is 0 Å². The molecule has 5 heteroatoms. The van der Waals surface area contributed by atoms with Crippen molar-refractivity contribution in [3.63, 3.8) is 0 Å². The molecule has 2 N–H and O–H groups in total. The number of hydrogen-bond donors (Lipinski definition) is 2. The van der Waals surface area contributed by atoms with Crippen molar-refractivity contribution in [2.45, 2.75) is 38.1 Å². The number of carbonyl (C=O) groups is 1. The highest BCUT2D eigenvalue weighted by molar-refractivity contribution is 6.03. The summed E-state index contributed by atoms with van der Waals surface area (Å²) in [5.41, 5.74) is 1.31. The van der Waals surface area contributed by atoms with Crippen molar-refractivity contribution in [2.75, 3.05) is 10.6 Å². The fourth-order valence-electron chi connectivity index (χ4n) is 2.88. The molecule has 0 spiro atoms. The molecule has 1 amide bonds. The van der Waals surface area contributed by atoms with E-state index in [0.29, 0.717) is 6.04 Å². The Morgan fingerprint density at radius 2 is 1.91 bits per heavy atom. The zero-order valence-electron chi connectivity index (χ0n) is 12.9. The number of pyridine rings is 1. The predicted molar refractivity (Wildman–Crippen MR) is 89.1 cm³/mol. The van der Waals surface area contributed by atoms with E-state index < -0.39 is 11.7 Å². The maximum Gasteiger partial charge on any atom is 0.274 e. The van der Waals surface area contributed by atoms with Gasteiger partial charge in [-0.05, 0) is 37.1 Å². The van der Waals surface area contributed by atoms with Gasteiger partial charge >= 0.3 is 0 Å². The summed E-state index contributed by atoms with van der Waals surface area (Å²) in [7, 11) is 0. The average Bonchev–Trinajstić information content (AvgIpc) is 2.58. The van der Waals surface area contributed by atoms with Crippen molar-refractivity contribution in [1.29, 1.82) is 0 Å². The van der Waals surface area contributed by atoms with E-state index in [4.69, 9.17) is 0 Å². The highest BCUT2D eigenvalue weighted by Gasteiger charge is 2.15. The minimum atomic E-state index is -0.461. The van der Waals surface area contributed by atoms with E-state index in [-0.39, 0.29) is 11.4 Å². The number of aromatic nitrogens is 1. The predicted octanol–water partition coefficient (Wildman–Crippen LogP) is 4.22. The lowest BCUT2D eigenvalue weighted by Gasteiger charge is -2.23. The molecular weight excluding hydrogens is 293 g/mol. The Bertz CT molecular complexity index is 683. The Hall–Kier alpha value is -2.43. The summed E-state index contributed by atoms with van der Waals surface area (Å²) in [5.74, 6) is -0.875. The zero-order valence-corrected chi connectivity index (χ0v) is 12.9. The number of carbonyl (C=O) groups excluding carboxylic acids is 1. The van der Waals surface area contributed by atoms with Crippen molar-refractivity contribution >= 4 is 17.3 Å². The van der Waals surface area contributed by atoms with Crippen LogP contribution in [-0.4, -0.2) is 16.9 Å². The van der Waals surface area contributed by atoms with Crippen molar-refractivity contribution in [2.24, 2.45) is 0 Å². The fraction of sp³-hybridized carbons (Fsp3) is 0.333. The SMILES string of the molecule is O=C(Nc1ccccc1F)c1cc(NC2CCCCC2)ccn1. The number of amides is 1. The minimum Gasteiger partial charge on any atom is -0.382 e. The van der Waals surface area contributed by atoms with Crippen molar-refractivity contribution in [3.05, 3.63) is 54.1 Å². The van der Waals surface area contributed by atoms with E-state index in [1.807, 2.05) is 6.07 Å². The number of halogens is 1. The molecule has 3 rings (SSSR count). The first-order chi connectivity index (χ1) is 11.2. The molecule has 0 aliphatic heterocycles. The van der Waals surface area contributed by atoms with Gasteiger partial charge in [0.05, 0.1) is 5.69 Å². The van der Waals surface area contributed by atoms with Crippen LogP contribution in [0.3, 0.4) is 0 Å². The Labute approximate surface area is 135 Å². The molecule has 1 fully saturated rings. The van der Waals surface area contributed by atoms with Gasteiger partial charge in [-0.1, -0.05) is 31.4 Å². The molecule has 0 unspecified atom stereocenters. The molecule has 0 atom stereocenters. The lowest BCUT2D eigenvalue weighted by Crippen LogP contribution is -2.22. The quantitative estimate of drug-likeness (QED) is 0.888. The second-order valence-electron chi connectivity index (χ2n) is 5.84. The van der Waals surface area contributed by atoms with Crippen LogP contribution in [0, 0.1) is 5.82 Å². The molecule has 0 bridgehead atoms. The average molecular weight is 313 g/mol. The summed E-state index contributed by atoms with van der Waals surface area (Å²) < 4.78 is 13.6. The largest absolute Gasteiger partial charge is 0.382 e. The Balaban J connectivity index is 1.69. The third-order valence-corrected chi connectivity index (χ3v) is 4.09. The highest BCUT2D eigenvalue weighted by atomic mass is 19.1. The summed E-state index contributed by atoms with van der Waals surface area (Å²) >= 11 is 0. The molecular formula is C18H20FN3O. The van der Waals surface area contributed by atoms with Crippen LogP contribution in [0.2, 0.25) is 0 Å². The number of hydrogen-bond acceptors (Lipinski definition) is 3. The highest BCUT2D eigenvalue weighted by Crippen LogP contribution is 2.22. The van der Waals surface area contributed by atoms with Gasteiger partial charge in [0.2, 0.25) is 0 Å². The molecule has 4 nitrogen and oxygen atoms in total. The maximum absolute atomic E-state index is 13.6. The lowest BCUT2D eigenvalue weighted by molar-refractivity contribution is 0.102. The minimum absolute atomic E-state index is 0.157. The van der Waals surface area contributed by atoms with E-state index in [9.17, 15) is 9.18 Å². The molecule has 1 saturated carbocycles. The van der Waals surface area contributed by atoms with Crippen LogP contribution < -0.4 is 10.6 Å². The van der Waals surface area contributed by atoms with E-state index in [2.05, 4.69) is 15.6 Å². The zero-order chi connectivity index (χ0) is 16.1. The normalized spacial score (nSPS) is 15.2. The molecule has 0 radical (unpaired) electrons. The fourth-order valence-corrected chi connectivity index (χ4v) is 2.88. The van der Waals surface area contributed by atoms with Gasteiger partial charge < -0.3 is 10.6 Å². The second kappa shape index (κ2) is 7.22. The van der Waals surface area contributed by atoms with Gasteiger partial charge in [-0.2, -0.15) is 0 Å². The Morgan fingerprint density at radius 3 is 2.70 bits per heavy atom. The molecule has 23 heavy (non-hydrogen) atoms. The van der Waals surface area contributed by atoms with Gasteiger partial charge in [0.25, 0.3) is 5.91 Å². The number of anilines is 2. The Morgan fingerprint density at radius 1 is 1.13 bits per heavy atom. The van der Waals surface area contributed by atoms with Crippen molar-refractivity contribution in [1.82, 2.24) is 4.98 Å². The summed E-state index contributed by atoms with van der Waals surface area (Å²) in [4.78, 5) is 16.3. The van der Waals surface area contributed by atoms with E-state index in [1.165, 1.54) is 31.4 Å². The standard InChI is InChI=1S/C18H20FN3O/c19-15-8-4-5-9-16(15)22-18(23)17-12-14(10-11-20-17)21-13-6-2-1-3-7-13/h4-5,8-13H,1-3,6-7H2,(H,20,21)(H,22,23). The number of para-hydroxylation sites is 1. The number of nitrogens with zero attached hydrogens (tertiary/aromatic N) is 1. The third-order valence-electron chi connectivity index (χ3n) is 4.09. The second-order valence-corrected chi connectivity index (χ2v) is 5.84. The molecule has 1 aromatic carbocycles. The number of benzene rings is 1. The van der Waals surface area contributed by atoms with E-state index in [1.54, 1.807) is 24.4 Å². The van der Waals surface area contributed by atoms with Gasteiger partial charge in [-0.25, -0.2) is 4.39 Å². The van der Waals surface area contributed by atoms with Crippen LogP contribution in [-0.2, 0) is 0 Å². The molecule has 1 heterocycles. The molecule has 1 aliphatic rings.